The summed E-state index contributed by atoms with van der Waals surface area (Å²) in [4.78, 5) is 35.5. The van der Waals surface area contributed by atoms with Crippen molar-refractivity contribution in [2.45, 2.75) is 38.6 Å². The second-order valence-corrected chi connectivity index (χ2v) is 13.1. The molecule has 0 spiro atoms. The quantitative estimate of drug-likeness (QED) is 0.0594. The molecule has 242 valence electrons. The molecule has 0 aliphatic carbocycles. The van der Waals surface area contributed by atoms with Crippen LogP contribution >= 0.6 is 23.4 Å². The number of piperazine rings is 2. The average Bonchev–Trinajstić information content (AvgIpc) is 3.72. The van der Waals surface area contributed by atoms with Gasteiger partial charge in [-0.15, -0.1) is 20.7 Å². The van der Waals surface area contributed by atoms with Crippen molar-refractivity contribution >= 4 is 56.2 Å². The maximum atomic E-state index is 11.2. The van der Waals surface area contributed by atoms with Gasteiger partial charge in [-0.2, -0.15) is 10.2 Å². The molecule has 2 aliphatic rings. The zero-order chi connectivity index (χ0) is 31.0. The average molecular weight is 656 g/mol. The van der Waals surface area contributed by atoms with Crippen LogP contribution < -0.4 is 10.4 Å². The fourth-order valence-electron chi connectivity index (χ4n) is 6.01. The highest BCUT2D eigenvalue weighted by Crippen LogP contribution is 2.36. The van der Waals surface area contributed by atoms with Crippen LogP contribution in [-0.4, -0.2) is 111 Å². The third kappa shape index (κ3) is 8.10. The van der Waals surface area contributed by atoms with Gasteiger partial charge in [-0.1, -0.05) is 25.0 Å². The maximum Gasteiger partial charge on any atom is 0.243 e. The Labute approximate surface area is 270 Å². The molecule has 1 amide bonds. The molecule has 2 aliphatic heterocycles. The Hall–Kier alpha value is -2.89. The number of thiophene rings is 1. The summed E-state index contributed by atoms with van der Waals surface area (Å²) < 4.78 is 6.18. The summed E-state index contributed by atoms with van der Waals surface area (Å²) in [5.41, 5.74) is 4.65. The van der Waals surface area contributed by atoms with Gasteiger partial charge in [0.25, 0.3) is 0 Å². The van der Waals surface area contributed by atoms with E-state index in [0.29, 0.717) is 6.42 Å². The normalized spacial score (nSPS) is 17.1. The number of unbranched alkanes of at least 4 members (excludes halogenated alkanes) is 3. The molecule has 15 heteroatoms. The standard InChI is InChI=1S/C30H41N9O4S2/c1-44-43-42-39-17-13-37(14-18-39)21-22-19-26-28(45-22)30(33-29(32-26)23-7-6-8-25-24(23)20-31-34-25)38-15-11-36(12-16-38)10-5-3-2-4-9-27(40)35-41/h6-8,19-20,41H,2-5,9-18,21H2,1H3,(H,31,34)(H,35,40). The molecule has 13 nitrogen and oxygen atoms in total. The zero-order valence-corrected chi connectivity index (χ0v) is 27.2. The van der Waals surface area contributed by atoms with E-state index in [1.807, 2.05) is 29.6 Å². The highest BCUT2D eigenvalue weighted by atomic mass is 32.2. The molecule has 3 aromatic heterocycles. The number of fused-ring (bicyclic) bond motifs is 2. The summed E-state index contributed by atoms with van der Waals surface area (Å²) in [7, 11) is 0. The summed E-state index contributed by atoms with van der Waals surface area (Å²) in [6, 6.07) is 8.36. The lowest BCUT2D eigenvalue weighted by Gasteiger charge is -2.35. The van der Waals surface area contributed by atoms with Crippen LogP contribution in [0.4, 0.5) is 5.82 Å². The monoisotopic (exact) mass is 655 g/mol. The van der Waals surface area contributed by atoms with Gasteiger partial charge in [0.1, 0.15) is 0 Å². The van der Waals surface area contributed by atoms with E-state index in [1.165, 1.54) is 16.9 Å². The smallest absolute Gasteiger partial charge is 0.243 e. The van der Waals surface area contributed by atoms with E-state index >= 15 is 0 Å². The molecule has 6 rings (SSSR count). The Bertz CT molecular complexity index is 1550. The van der Waals surface area contributed by atoms with Crippen molar-refractivity contribution in [2.24, 2.45) is 0 Å². The molecule has 0 saturated carbocycles. The lowest BCUT2D eigenvalue weighted by molar-refractivity contribution is -0.365. The van der Waals surface area contributed by atoms with Gasteiger partial charge in [0.15, 0.2) is 11.6 Å². The van der Waals surface area contributed by atoms with E-state index in [9.17, 15) is 4.79 Å². The van der Waals surface area contributed by atoms with Gasteiger partial charge in [0.05, 0.1) is 21.9 Å². The molecule has 4 aromatic rings. The number of carbonyl (C=O) groups is 1. The van der Waals surface area contributed by atoms with Crippen molar-refractivity contribution in [1.29, 1.82) is 0 Å². The Morgan fingerprint density at radius 1 is 1.04 bits per heavy atom. The number of nitrogens with one attached hydrogen (secondary N) is 2. The van der Waals surface area contributed by atoms with Crippen LogP contribution in [0.5, 0.6) is 0 Å². The van der Waals surface area contributed by atoms with Gasteiger partial charge in [-0.25, -0.2) is 15.4 Å². The third-order valence-electron chi connectivity index (χ3n) is 8.47. The topological polar surface area (TPSA) is 135 Å². The number of benzene rings is 1. The molecule has 0 atom stereocenters. The summed E-state index contributed by atoms with van der Waals surface area (Å²) in [6.07, 6.45) is 8.06. The second kappa shape index (κ2) is 15.6. The number of hydrogen-bond acceptors (Lipinski definition) is 13. The van der Waals surface area contributed by atoms with Crippen LogP contribution in [0.15, 0.2) is 30.5 Å². The predicted molar refractivity (Wildman–Crippen MR) is 177 cm³/mol. The number of carbonyl (C=O) groups excluding carboxylic acids is 1. The van der Waals surface area contributed by atoms with E-state index in [0.717, 1.165) is 129 Å². The lowest BCUT2D eigenvalue weighted by atomic mass is 10.1. The van der Waals surface area contributed by atoms with Crippen molar-refractivity contribution in [1.82, 2.24) is 40.5 Å². The Morgan fingerprint density at radius 3 is 2.64 bits per heavy atom. The largest absolute Gasteiger partial charge is 0.353 e. The van der Waals surface area contributed by atoms with E-state index in [-0.39, 0.29) is 5.91 Å². The fraction of sp³-hybridized carbons (Fsp3) is 0.533. The van der Waals surface area contributed by atoms with Crippen molar-refractivity contribution < 1.29 is 19.3 Å². The number of amides is 1. The predicted octanol–water partition coefficient (Wildman–Crippen LogP) is 4.07. The minimum atomic E-state index is -0.307. The van der Waals surface area contributed by atoms with Crippen molar-refractivity contribution in [2.75, 3.05) is 70.1 Å². The number of hydrogen-bond donors (Lipinski definition) is 3. The first-order chi connectivity index (χ1) is 22.1. The van der Waals surface area contributed by atoms with Gasteiger partial charge in [-0.3, -0.25) is 24.9 Å². The third-order valence-corrected chi connectivity index (χ3v) is 9.77. The van der Waals surface area contributed by atoms with Gasteiger partial charge in [-0.05, 0) is 31.5 Å². The minimum absolute atomic E-state index is 0.307. The van der Waals surface area contributed by atoms with Crippen LogP contribution in [0.3, 0.4) is 0 Å². The molecule has 2 fully saturated rings. The van der Waals surface area contributed by atoms with Gasteiger partial charge < -0.3 is 4.90 Å². The number of H-pyrrole nitrogens is 1. The Morgan fingerprint density at radius 2 is 1.84 bits per heavy atom. The van der Waals surface area contributed by atoms with E-state index in [4.69, 9.17) is 24.5 Å². The van der Waals surface area contributed by atoms with Crippen LogP contribution in [0.1, 0.15) is 37.0 Å². The maximum absolute atomic E-state index is 11.2. The zero-order valence-electron chi connectivity index (χ0n) is 25.6. The lowest BCUT2D eigenvalue weighted by Crippen LogP contribution is -2.47. The molecule has 0 unspecified atom stereocenters. The van der Waals surface area contributed by atoms with Crippen molar-refractivity contribution in [3.05, 3.63) is 35.3 Å². The van der Waals surface area contributed by atoms with Crippen LogP contribution in [0, 0.1) is 0 Å². The molecule has 2 saturated heterocycles. The SMILES string of the molecule is CSOON1CCN(Cc2cc3nc(-c4cccc5[nH]ncc45)nc(N4CCN(CCCCCCC(=O)NO)CC4)c3s2)CC1. The molecule has 0 bridgehead atoms. The number of nitrogens with zero attached hydrogens (tertiary/aromatic N) is 7. The summed E-state index contributed by atoms with van der Waals surface area (Å²) in [5.74, 6) is 1.43. The van der Waals surface area contributed by atoms with Gasteiger partial charge >= 0.3 is 0 Å². The van der Waals surface area contributed by atoms with Crippen LogP contribution in [-0.2, 0) is 20.7 Å². The Balaban J connectivity index is 1.15. The number of aromatic nitrogens is 4. The first-order valence-corrected chi connectivity index (χ1v) is 17.6. The molecule has 1 aromatic carbocycles. The van der Waals surface area contributed by atoms with Crippen LogP contribution in [0.2, 0.25) is 0 Å². The highest BCUT2D eigenvalue weighted by molar-refractivity contribution is 7.93. The molecule has 0 radical (unpaired) electrons. The number of aromatic amines is 1. The molecular formula is C30H41N9O4S2. The summed E-state index contributed by atoms with van der Waals surface area (Å²) in [6.45, 7) is 9.08. The number of hydroxylamine groups is 3. The van der Waals surface area contributed by atoms with Gasteiger partial charge in [0, 0.05) is 99.4 Å². The van der Waals surface area contributed by atoms with E-state index < -0.39 is 0 Å². The number of rotatable bonds is 14. The molecular weight excluding hydrogens is 615 g/mol. The molecule has 5 heterocycles. The summed E-state index contributed by atoms with van der Waals surface area (Å²) in [5, 5.41) is 18.9. The molecule has 45 heavy (non-hydrogen) atoms. The first-order valence-electron chi connectivity index (χ1n) is 15.6. The highest BCUT2D eigenvalue weighted by Gasteiger charge is 2.25. The van der Waals surface area contributed by atoms with Crippen molar-refractivity contribution in [3.8, 4) is 11.4 Å². The second-order valence-electron chi connectivity index (χ2n) is 11.5. The van der Waals surface area contributed by atoms with Crippen molar-refractivity contribution in [3.63, 3.8) is 0 Å². The minimum Gasteiger partial charge on any atom is -0.353 e. The molecule has 3 N–H and O–H groups in total. The van der Waals surface area contributed by atoms with Crippen LogP contribution in [0.25, 0.3) is 32.5 Å². The summed E-state index contributed by atoms with van der Waals surface area (Å²) >= 11 is 3.01. The Kier molecular flexibility index (Phi) is 11.1. The van der Waals surface area contributed by atoms with Gasteiger partial charge in [0.2, 0.25) is 5.91 Å². The first kappa shape index (κ1) is 32.1. The number of anilines is 1. The fourth-order valence-corrected chi connectivity index (χ4v) is 7.31. The van der Waals surface area contributed by atoms with E-state index in [1.54, 1.807) is 16.8 Å². The van der Waals surface area contributed by atoms with E-state index in [2.05, 4.69) is 37.0 Å².